The van der Waals surface area contributed by atoms with Gasteiger partial charge in [-0.3, -0.25) is 0 Å². The standard InChI is InChI=1S/C14H20FNO/c1-11(2)10-17-14-6-5-12(15)9-13(14)16-7-3-4-8-16/h5-6,9,11H,3-4,7-8,10H2,1-2H3. The van der Waals surface area contributed by atoms with E-state index in [4.69, 9.17) is 4.74 Å². The molecule has 1 aliphatic rings. The number of hydrogen-bond donors (Lipinski definition) is 0. The number of rotatable bonds is 4. The molecule has 0 saturated carbocycles. The summed E-state index contributed by atoms with van der Waals surface area (Å²) in [6.07, 6.45) is 2.36. The van der Waals surface area contributed by atoms with Crippen LogP contribution >= 0.6 is 0 Å². The number of anilines is 1. The van der Waals surface area contributed by atoms with Gasteiger partial charge in [-0.15, -0.1) is 0 Å². The van der Waals surface area contributed by atoms with Gasteiger partial charge in [0.15, 0.2) is 0 Å². The van der Waals surface area contributed by atoms with Crippen LogP contribution in [0.1, 0.15) is 26.7 Å². The smallest absolute Gasteiger partial charge is 0.142 e. The lowest BCUT2D eigenvalue weighted by atomic mass is 10.2. The maximum atomic E-state index is 13.3. The summed E-state index contributed by atoms with van der Waals surface area (Å²) in [5, 5.41) is 0. The molecule has 94 valence electrons. The average molecular weight is 237 g/mol. The van der Waals surface area contributed by atoms with Crippen LogP contribution < -0.4 is 9.64 Å². The monoisotopic (exact) mass is 237 g/mol. The molecular weight excluding hydrogens is 217 g/mol. The molecule has 0 aliphatic carbocycles. The minimum Gasteiger partial charge on any atom is -0.491 e. The zero-order valence-electron chi connectivity index (χ0n) is 10.6. The zero-order valence-corrected chi connectivity index (χ0v) is 10.6. The lowest BCUT2D eigenvalue weighted by molar-refractivity contribution is 0.271. The van der Waals surface area contributed by atoms with E-state index in [1.165, 1.54) is 18.9 Å². The van der Waals surface area contributed by atoms with Gasteiger partial charge in [-0.1, -0.05) is 13.8 Å². The Balaban J connectivity index is 2.17. The Morgan fingerprint density at radius 3 is 2.65 bits per heavy atom. The summed E-state index contributed by atoms with van der Waals surface area (Å²) in [7, 11) is 0. The highest BCUT2D eigenvalue weighted by Gasteiger charge is 2.17. The van der Waals surface area contributed by atoms with Crippen LogP contribution in [0.2, 0.25) is 0 Å². The summed E-state index contributed by atoms with van der Waals surface area (Å²) in [5.41, 5.74) is 0.906. The molecule has 1 fully saturated rings. The van der Waals surface area contributed by atoms with E-state index >= 15 is 0 Å². The van der Waals surface area contributed by atoms with Gasteiger partial charge in [-0.25, -0.2) is 4.39 Å². The van der Waals surface area contributed by atoms with Crippen LogP contribution in [0, 0.1) is 11.7 Å². The van der Waals surface area contributed by atoms with Crippen LogP contribution in [-0.2, 0) is 0 Å². The highest BCUT2D eigenvalue weighted by atomic mass is 19.1. The second-order valence-corrected chi connectivity index (χ2v) is 5.01. The van der Waals surface area contributed by atoms with Crippen LogP contribution in [0.25, 0.3) is 0 Å². The first kappa shape index (κ1) is 12.2. The van der Waals surface area contributed by atoms with Crippen LogP contribution in [0.3, 0.4) is 0 Å². The topological polar surface area (TPSA) is 12.5 Å². The van der Waals surface area contributed by atoms with Crippen molar-refractivity contribution in [3.8, 4) is 5.75 Å². The maximum Gasteiger partial charge on any atom is 0.142 e. The molecule has 1 aromatic carbocycles. The quantitative estimate of drug-likeness (QED) is 0.795. The van der Waals surface area contributed by atoms with Gasteiger partial charge < -0.3 is 9.64 Å². The molecule has 0 spiro atoms. The third-order valence-corrected chi connectivity index (χ3v) is 2.94. The number of ether oxygens (including phenoxy) is 1. The molecule has 0 unspecified atom stereocenters. The Labute approximate surface area is 102 Å². The van der Waals surface area contributed by atoms with Crippen LogP contribution in [0.4, 0.5) is 10.1 Å². The molecule has 1 heterocycles. The van der Waals surface area contributed by atoms with Crippen molar-refractivity contribution in [1.82, 2.24) is 0 Å². The van der Waals surface area contributed by atoms with Crippen molar-refractivity contribution in [2.24, 2.45) is 5.92 Å². The van der Waals surface area contributed by atoms with Crippen molar-refractivity contribution in [2.45, 2.75) is 26.7 Å². The predicted octanol–water partition coefficient (Wildman–Crippen LogP) is 3.46. The SMILES string of the molecule is CC(C)COc1ccc(F)cc1N1CCCC1. The molecule has 0 bridgehead atoms. The molecule has 2 nitrogen and oxygen atoms in total. The highest BCUT2D eigenvalue weighted by molar-refractivity contribution is 5.59. The van der Waals surface area contributed by atoms with Gasteiger partial charge in [0, 0.05) is 19.2 Å². The van der Waals surface area contributed by atoms with Crippen molar-refractivity contribution < 1.29 is 9.13 Å². The van der Waals surface area contributed by atoms with E-state index in [-0.39, 0.29) is 5.82 Å². The molecule has 0 N–H and O–H groups in total. The van der Waals surface area contributed by atoms with E-state index in [1.807, 2.05) is 0 Å². The molecule has 3 heteroatoms. The summed E-state index contributed by atoms with van der Waals surface area (Å²) in [6.45, 7) is 6.90. The molecule has 0 atom stereocenters. The van der Waals surface area contributed by atoms with Crippen LogP contribution in [-0.4, -0.2) is 19.7 Å². The lowest BCUT2D eigenvalue weighted by Crippen LogP contribution is -2.19. The van der Waals surface area contributed by atoms with Crippen molar-refractivity contribution in [2.75, 3.05) is 24.6 Å². The third kappa shape index (κ3) is 3.11. The zero-order chi connectivity index (χ0) is 12.3. The normalized spacial score (nSPS) is 15.6. The van der Waals surface area contributed by atoms with Crippen molar-refractivity contribution >= 4 is 5.69 Å². The molecule has 2 rings (SSSR count). The van der Waals surface area contributed by atoms with E-state index in [1.54, 1.807) is 12.1 Å². The molecule has 1 aromatic rings. The number of nitrogens with zero attached hydrogens (tertiary/aromatic N) is 1. The average Bonchev–Trinajstić information content (AvgIpc) is 2.80. The summed E-state index contributed by atoms with van der Waals surface area (Å²) >= 11 is 0. The van der Waals surface area contributed by atoms with E-state index in [9.17, 15) is 4.39 Å². The van der Waals surface area contributed by atoms with Gasteiger partial charge >= 0.3 is 0 Å². The van der Waals surface area contributed by atoms with Gasteiger partial charge in [0.2, 0.25) is 0 Å². The second kappa shape index (κ2) is 5.39. The largest absolute Gasteiger partial charge is 0.491 e. The number of hydrogen-bond acceptors (Lipinski definition) is 2. The lowest BCUT2D eigenvalue weighted by Gasteiger charge is -2.22. The van der Waals surface area contributed by atoms with Gasteiger partial charge in [-0.05, 0) is 30.9 Å². The fraction of sp³-hybridized carbons (Fsp3) is 0.571. The third-order valence-electron chi connectivity index (χ3n) is 2.94. The van der Waals surface area contributed by atoms with Crippen LogP contribution in [0.15, 0.2) is 18.2 Å². The Kier molecular flexibility index (Phi) is 3.87. The minimum absolute atomic E-state index is 0.191. The summed E-state index contributed by atoms with van der Waals surface area (Å²) < 4.78 is 19.1. The van der Waals surface area contributed by atoms with E-state index in [0.29, 0.717) is 12.5 Å². The maximum absolute atomic E-state index is 13.3. The molecular formula is C14H20FNO. The Morgan fingerprint density at radius 1 is 1.29 bits per heavy atom. The van der Waals surface area contributed by atoms with Crippen LogP contribution in [0.5, 0.6) is 5.75 Å². The Bertz CT molecular complexity index is 372. The van der Waals surface area contributed by atoms with Gasteiger partial charge in [-0.2, -0.15) is 0 Å². The predicted molar refractivity (Wildman–Crippen MR) is 68.2 cm³/mol. The van der Waals surface area contributed by atoms with Gasteiger partial charge in [0.05, 0.1) is 12.3 Å². The molecule has 1 saturated heterocycles. The Morgan fingerprint density at radius 2 is 2.00 bits per heavy atom. The molecule has 0 radical (unpaired) electrons. The second-order valence-electron chi connectivity index (χ2n) is 5.01. The first-order chi connectivity index (χ1) is 8.16. The first-order valence-electron chi connectivity index (χ1n) is 6.34. The van der Waals surface area contributed by atoms with Gasteiger partial charge in [0.25, 0.3) is 0 Å². The summed E-state index contributed by atoms with van der Waals surface area (Å²) in [5.74, 6) is 1.09. The molecule has 1 aliphatic heterocycles. The van der Waals surface area contributed by atoms with Crippen molar-refractivity contribution in [1.29, 1.82) is 0 Å². The molecule has 0 amide bonds. The fourth-order valence-electron chi connectivity index (χ4n) is 2.07. The highest BCUT2D eigenvalue weighted by Crippen LogP contribution is 2.31. The number of halogens is 1. The first-order valence-corrected chi connectivity index (χ1v) is 6.34. The Hall–Kier alpha value is -1.25. The fourth-order valence-corrected chi connectivity index (χ4v) is 2.07. The van der Waals surface area contributed by atoms with Crippen molar-refractivity contribution in [3.63, 3.8) is 0 Å². The molecule has 17 heavy (non-hydrogen) atoms. The van der Waals surface area contributed by atoms with Gasteiger partial charge in [0.1, 0.15) is 11.6 Å². The minimum atomic E-state index is -0.191. The summed E-state index contributed by atoms with van der Waals surface area (Å²) in [4.78, 5) is 2.21. The van der Waals surface area contributed by atoms with E-state index < -0.39 is 0 Å². The molecule has 0 aromatic heterocycles. The van der Waals surface area contributed by atoms with Crippen molar-refractivity contribution in [3.05, 3.63) is 24.0 Å². The van der Waals surface area contributed by atoms with E-state index in [2.05, 4.69) is 18.7 Å². The number of benzene rings is 1. The summed E-state index contributed by atoms with van der Waals surface area (Å²) in [6, 6.07) is 4.79. The van der Waals surface area contributed by atoms with E-state index in [0.717, 1.165) is 24.5 Å².